The first-order valence-electron chi connectivity index (χ1n) is 8.31. The zero-order valence-corrected chi connectivity index (χ0v) is 16.2. The van der Waals surface area contributed by atoms with Gasteiger partial charge >= 0.3 is 0 Å². The minimum atomic E-state index is -0.362. The topological polar surface area (TPSA) is 60.1 Å². The molecule has 1 aliphatic rings. The molecule has 132 valence electrons. The van der Waals surface area contributed by atoms with Gasteiger partial charge in [0.1, 0.15) is 23.2 Å². The predicted molar refractivity (Wildman–Crippen MR) is 104 cm³/mol. The quantitative estimate of drug-likeness (QED) is 0.629. The largest absolute Gasteiger partial charge is 0.303 e. The van der Waals surface area contributed by atoms with Crippen LogP contribution in [0.25, 0.3) is 5.00 Å². The highest BCUT2D eigenvalue weighted by molar-refractivity contribution is 7.15. The summed E-state index contributed by atoms with van der Waals surface area (Å²) < 4.78 is 2.04. The van der Waals surface area contributed by atoms with Crippen molar-refractivity contribution in [1.29, 1.82) is 0 Å². The summed E-state index contributed by atoms with van der Waals surface area (Å²) in [5.74, 6) is 1.51. The van der Waals surface area contributed by atoms with Crippen molar-refractivity contribution in [2.24, 2.45) is 4.99 Å². The summed E-state index contributed by atoms with van der Waals surface area (Å²) in [6.07, 6.45) is 1.15. The van der Waals surface area contributed by atoms with E-state index in [2.05, 4.69) is 24.0 Å². The van der Waals surface area contributed by atoms with Crippen LogP contribution in [0, 0.1) is 20.8 Å². The van der Waals surface area contributed by atoms with E-state index < -0.39 is 0 Å². The second kappa shape index (κ2) is 6.45. The maximum atomic E-state index is 11.3. The molecule has 4 rings (SSSR count). The number of hydrogen-bond acceptors (Lipinski definition) is 5. The van der Waals surface area contributed by atoms with Gasteiger partial charge in [0, 0.05) is 27.4 Å². The normalized spacial score (nSPS) is 15.8. The Morgan fingerprint density at radius 3 is 2.62 bits per heavy atom. The molecule has 0 fully saturated rings. The fourth-order valence-electron chi connectivity index (χ4n) is 3.24. The Morgan fingerprint density at radius 1 is 1.19 bits per heavy atom. The maximum Gasteiger partial charge on any atom is 0.163 e. The van der Waals surface area contributed by atoms with Crippen molar-refractivity contribution in [2.45, 2.75) is 33.2 Å². The van der Waals surface area contributed by atoms with Crippen molar-refractivity contribution in [3.63, 3.8) is 0 Å². The van der Waals surface area contributed by atoms with Crippen LogP contribution in [-0.2, 0) is 4.79 Å². The number of aromatic nitrogens is 3. The lowest BCUT2D eigenvalue weighted by Crippen LogP contribution is -2.07. The number of nitrogens with zero attached hydrogens (tertiary/aromatic N) is 4. The van der Waals surface area contributed by atoms with E-state index in [0.717, 1.165) is 34.0 Å². The van der Waals surface area contributed by atoms with E-state index in [9.17, 15) is 4.79 Å². The fraction of sp³-hybridized carbons (Fsp3) is 0.263. The van der Waals surface area contributed by atoms with Crippen LogP contribution < -0.4 is 0 Å². The standard InChI is InChI=1S/C19H17ClN4OS/c1-10-11(2)26-19-16(10)17(13-4-6-14(20)7-5-13)21-15(8-9-25)18-23-22-12(3)24(18)19/h4-7,9,15H,8H2,1-3H3/t15-/m0/s1. The van der Waals surface area contributed by atoms with E-state index in [0.29, 0.717) is 10.8 Å². The first-order chi connectivity index (χ1) is 12.5. The minimum absolute atomic E-state index is 0.266. The number of hydrogen-bond donors (Lipinski definition) is 0. The van der Waals surface area contributed by atoms with Crippen LogP contribution in [0.3, 0.4) is 0 Å². The van der Waals surface area contributed by atoms with E-state index in [-0.39, 0.29) is 12.5 Å². The van der Waals surface area contributed by atoms with E-state index >= 15 is 0 Å². The summed E-state index contributed by atoms with van der Waals surface area (Å²) in [6.45, 7) is 6.14. The molecule has 1 atom stereocenters. The van der Waals surface area contributed by atoms with Crippen LogP contribution in [0.15, 0.2) is 29.3 Å². The fourth-order valence-corrected chi connectivity index (χ4v) is 4.58. The Hall–Kier alpha value is -2.31. The highest BCUT2D eigenvalue weighted by Gasteiger charge is 2.30. The smallest absolute Gasteiger partial charge is 0.163 e. The lowest BCUT2D eigenvalue weighted by Gasteiger charge is -2.10. The Balaban J connectivity index is 2.05. The van der Waals surface area contributed by atoms with Gasteiger partial charge in [-0.3, -0.25) is 9.56 Å². The zero-order valence-electron chi connectivity index (χ0n) is 14.7. The molecule has 2 aromatic heterocycles. The van der Waals surface area contributed by atoms with Crippen LogP contribution in [0.1, 0.15) is 45.7 Å². The SMILES string of the molecule is Cc1sc2c(c1C)C(c1ccc(Cl)cc1)=N[C@@H](CC=O)c1nnc(C)n1-2. The molecule has 5 nitrogen and oxygen atoms in total. The van der Waals surface area contributed by atoms with Gasteiger partial charge in [0.05, 0.1) is 5.71 Å². The molecular weight excluding hydrogens is 368 g/mol. The van der Waals surface area contributed by atoms with E-state index in [4.69, 9.17) is 16.6 Å². The van der Waals surface area contributed by atoms with Gasteiger partial charge in [-0.05, 0) is 38.5 Å². The number of rotatable bonds is 3. The molecule has 3 heterocycles. The predicted octanol–water partition coefficient (Wildman–Crippen LogP) is 4.39. The summed E-state index contributed by atoms with van der Waals surface area (Å²) in [5, 5.41) is 10.3. The molecule has 1 aromatic carbocycles. The van der Waals surface area contributed by atoms with Gasteiger partial charge in [0.2, 0.25) is 0 Å². The molecule has 0 saturated carbocycles. The van der Waals surface area contributed by atoms with Crippen molar-refractivity contribution in [3.8, 4) is 5.00 Å². The highest BCUT2D eigenvalue weighted by Crippen LogP contribution is 2.39. The lowest BCUT2D eigenvalue weighted by molar-refractivity contribution is -0.108. The monoisotopic (exact) mass is 384 g/mol. The zero-order chi connectivity index (χ0) is 18.4. The molecule has 0 spiro atoms. The van der Waals surface area contributed by atoms with Crippen molar-refractivity contribution >= 4 is 34.9 Å². The molecule has 7 heteroatoms. The summed E-state index contributed by atoms with van der Waals surface area (Å²) in [4.78, 5) is 17.5. The number of thiophene rings is 1. The molecule has 0 bridgehead atoms. The van der Waals surface area contributed by atoms with Crippen molar-refractivity contribution in [2.75, 3.05) is 0 Å². The van der Waals surface area contributed by atoms with Gasteiger partial charge in [0.25, 0.3) is 0 Å². The van der Waals surface area contributed by atoms with Crippen molar-refractivity contribution in [3.05, 3.63) is 62.5 Å². The number of aldehydes is 1. The molecule has 3 aromatic rings. The first-order valence-corrected chi connectivity index (χ1v) is 9.50. The molecule has 0 amide bonds. The average Bonchev–Trinajstić information content (AvgIpc) is 3.09. The molecule has 0 radical (unpaired) electrons. The molecular formula is C19H17ClN4OS. The maximum absolute atomic E-state index is 11.3. The Labute approximate surface area is 160 Å². The van der Waals surface area contributed by atoms with Gasteiger partial charge in [-0.25, -0.2) is 0 Å². The van der Waals surface area contributed by atoms with Crippen LogP contribution in [0.5, 0.6) is 0 Å². The Kier molecular flexibility index (Phi) is 4.25. The number of halogens is 1. The molecule has 1 aliphatic heterocycles. The number of fused-ring (bicyclic) bond motifs is 3. The van der Waals surface area contributed by atoms with Crippen LogP contribution in [-0.4, -0.2) is 26.8 Å². The van der Waals surface area contributed by atoms with Gasteiger partial charge in [-0.1, -0.05) is 23.7 Å². The van der Waals surface area contributed by atoms with Gasteiger partial charge < -0.3 is 4.79 Å². The van der Waals surface area contributed by atoms with Crippen LogP contribution in [0.2, 0.25) is 5.02 Å². The van der Waals surface area contributed by atoms with E-state index in [1.165, 1.54) is 10.4 Å². The second-order valence-electron chi connectivity index (χ2n) is 6.31. The third-order valence-corrected chi connectivity index (χ3v) is 6.12. The van der Waals surface area contributed by atoms with E-state index in [1.807, 2.05) is 35.8 Å². The summed E-state index contributed by atoms with van der Waals surface area (Å²) in [5.41, 5.74) is 4.11. The van der Waals surface area contributed by atoms with Gasteiger partial charge in [-0.2, -0.15) is 0 Å². The van der Waals surface area contributed by atoms with Gasteiger partial charge in [0.15, 0.2) is 5.82 Å². The molecule has 26 heavy (non-hydrogen) atoms. The summed E-state index contributed by atoms with van der Waals surface area (Å²) in [6, 6.07) is 7.29. The van der Waals surface area contributed by atoms with Crippen molar-refractivity contribution in [1.82, 2.24) is 14.8 Å². The highest BCUT2D eigenvalue weighted by atomic mass is 35.5. The first kappa shape index (κ1) is 17.1. The third kappa shape index (κ3) is 2.61. The summed E-state index contributed by atoms with van der Waals surface area (Å²) >= 11 is 7.77. The number of aliphatic imine (C=N–C) groups is 1. The molecule has 0 aliphatic carbocycles. The number of aryl methyl sites for hydroxylation is 2. The van der Waals surface area contributed by atoms with Crippen LogP contribution in [0.4, 0.5) is 0 Å². The molecule has 0 unspecified atom stereocenters. The second-order valence-corrected chi connectivity index (χ2v) is 7.95. The minimum Gasteiger partial charge on any atom is -0.303 e. The number of carbonyl (C=O) groups is 1. The lowest BCUT2D eigenvalue weighted by atomic mass is 10.00. The van der Waals surface area contributed by atoms with Crippen molar-refractivity contribution < 1.29 is 4.79 Å². The van der Waals surface area contributed by atoms with Crippen LogP contribution >= 0.6 is 22.9 Å². The Morgan fingerprint density at radius 2 is 1.92 bits per heavy atom. The number of carbonyl (C=O) groups excluding carboxylic acids is 1. The Bertz CT molecular complexity index is 1030. The average molecular weight is 385 g/mol. The van der Waals surface area contributed by atoms with E-state index in [1.54, 1.807) is 11.3 Å². The molecule has 0 N–H and O–H groups in total. The summed E-state index contributed by atoms with van der Waals surface area (Å²) in [7, 11) is 0. The third-order valence-electron chi connectivity index (χ3n) is 4.68. The molecule has 0 saturated heterocycles. The van der Waals surface area contributed by atoms with Gasteiger partial charge in [-0.15, -0.1) is 21.5 Å². The number of benzene rings is 1.